The Balaban J connectivity index is 0. The van der Waals surface area contributed by atoms with E-state index in [1.807, 2.05) is 0 Å². The molecular weight excluding hydrogens is 473 g/mol. The Morgan fingerprint density at radius 2 is 1.00 bits per heavy atom. The van der Waals surface area contributed by atoms with E-state index in [1.54, 1.807) is 0 Å². The molecule has 13 heteroatoms. The summed E-state index contributed by atoms with van der Waals surface area (Å²) in [5, 5.41) is 9.42. The van der Waals surface area contributed by atoms with Crippen LogP contribution in [0.2, 0.25) is 0 Å². The SMILES string of the molecule is O=C(NCCNC(=S)[S-])/C(Cl)=C(\Cl)C(=O)NCCNC(=S)[S-].[Zn+2]. The van der Waals surface area contributed by atoms with Crippen LogP contribution in [0.15, 0.2) is 10.1 Å². The molecule has 0 aliphatic rings. The second kappa shape index (κ2) is 14.4. The van der Waals surface area contributed by atoms with Gasteiger partial charge in [0.1, 0.15) is 10.1 Å². The number of hydrogen-bond acceptors (Lipinski definition) is 6. The van der Waals surface area contributed by atoms with E-state index >= 15 is 0 Å². The van der Waals surface area contributed by atoms with Gasteiger partial charge in [-0.1, -0.05) is 31.8 Å². The standard InChI is InChI=1S/C10H14Cl2N4O2S4.Zn/c11-5(7(17)13-1-3-15-9(19)20)6(12)8(18)14-2-4-16-10(21)22;/h1-4H2,(H,13,17)(H,14,18)(H2,15,19,20)(H2,16,21,22);/q;+2/p-2/b6-5+;. The number of carbonyl (C=O) groups is 2. The monoisotopic (exact) mass is 482 g/mol. The quantitative estimate of drug-likeness (QED) is 0.123. The van der Waals surface area contributed by atoms with Gasteiger partial charge in [-0.2, -0.15) is 0 Å². The summed E-state index contributed by atoms with van der Waals surface area (Å²) in [4.78, 5) is 23.3. The predicted octanol–water partition coefficient (Wildman–Crippen LogP) is -0.252. The normalized spacial score (nSPS) is 10.5. The molecule has 0 aromatic carbocycles. The molecule has 0 unspecified atom stereocenters. The molecule has 6 nitrogen and oxygen atoms in total. The third kappa shape index (κ3) is 13.1. The van der Waals surface area contributed by atoms with E-state index in [4.69, 9.17) is 23.2 Å². The Hall–Kier alpha value is 0.103. The number of hydrogen-bond donors (Lipinski definition) is 4. The van der Waals surface area contributed by atoms with E-state index < -0.39 is 21.9 Å². The van der Waals surface area contributed by atoms with Crippen LogP contribution >= 0.6 is 47.6 Å². The van der Waals surface area contributed by atoms with Crippen molar-refractivity contribution in [1.82, 2.24) is 21.3 Å². The van der Waals surface area contributed by atoms with Gasteiger partial charge in [0.15, 0.2) is 0 Å². The van der Waals surface area contributed by atoms with Crippen molar-refractivity contribution in [1.29, 1.82) is 0 Å². The molecule has 124 valence electrons. The second-order valence-electron chi connectivity index (χ2n) is 3.57. The first-order valence-electron chi connectivity index (χ1n) is 5.77. The second-order valence-corrected chi connectivity index (χ2v) is 6.47. The smallest absolute Gasteiger partial charge is 0.412 e. The summed E-state index contributed by atoms with van der Waals surface area (Å²) in [6.07, 6.45) is 0. The molecule has 0 saturated carbocycles. The summed E-state index contributed by atoms with van der Waals surface area (Å²) in [5.74, 6) is -1.35. The largest absolute Gasteiger partial charge is 2.00 e. The fraction of sp³-hybridized carbons (Fsp3) is 0.400. The molecule has 0 spiro atoms. The van der Waals surface area contributed by atoms with Gasteiger partial charge in [0.05, 0.1) is 0 Å². The minimum Gasteiger partial charge on any atom is -0.412 e. The van der Waals surface area contributed by atoms with Crippen LogP contribution in [0.3, 0.4) is 0 Å². The molecule has 0 heterocycles. The Labute approximate surface area is 178 Å². The molecule has 23 heavy (non-hydrogen) atoms. The molecule has 0 bridgehead atoms. The van der Waals surface area contributed by atoms with Gasteiger partial charge in [-0.05, 0) is 0 Å². The molecular formula is C10H12Cl2N4O2S4Zn. The molecule has 0 aliphatic heterocycles. The number of carbonyl (C=O) groups excluding carboxylic acids is 2. The van der Waals surface area contributed by atoms with Crippen LogP contribution in [-0.4, -0.2) is 46.6 Å². The van der Waals surface area contributed by atoms with Crippen molar-refractivity contribution in [3.05, 3.63) is 10.1 Å². The number of rotatable bonds is 8. The first-order valence-corrected chi connectivity index (χ1v) is 8.16. The molecule has 0 rings (SSSR count). The van der Waals surface area contributed by atoms with Gasteiger partial charge in [0.25, 0.3) is 11.8 Å². The number of amides is 2. The Morgan fingerprint density at radius 1 is 0.739 bits per heavy atom. The first kappa shape index (κ1) is 25.3. The van der Waals surface area contributed by atoms with E-state index in [-0.39, 0.29) is 41.2 Å². The van der Waals surface area contributed by atoms with Gasteiger partial charge in [0.2, 0.25) is 0 Å². The van der Waals surface area contributed by atoms with E-state index in [2.05, 4.69) is 71.0 Å². The van der Waals surface area contributed by atoms with Crippen molar-refractivity contribution >= 4 is 93.4 Å². The first-order chi connectivity index (χ1) is 10.3. The average Bonchev–Trinajstić information content (AvgIpc) is 2.45. The topological polar surface area (TPSA) is 82.3 Å². The Bertz CT molecular complexity index is 451. The maximum absolute atomic E-state index is 11.7. The average molecular weight is 485 g/mol. The zero-order valence-corrected chi connectivity index (χ0v) is 19.5. The van der Waals surface area contributed by atoms with Crippen molar-refractivity contribution in [2.75, 3.05) is 26.2 Å². The van der Waals surface area contributed by atoms with E-state index in [0.717, 1.165) is 0 Å². The van der Waals surface area contributed by atoms with Crippen LogP contribution in [0, 0.1) is 0 Å². The molecule has 4 N–H and O–H groups in total. The van der Waals surface area contributed by atoms with Crippen LogP contribution in [0.4, 0.5) is 0 Å². The van der Waals surface area contributed by atoms with Crippen LogP contribution in [0.1, 0.15) is 0 Å². The van der Waals surface area contributed by atoms with Crippen molar-refractivity contribution in [3.8, 4) is 0 Å². The third-order valence-electron chi connectivity index (χ3n) is 1.95. The zero-order chi connectivity index (χ0) is 17.1. The van der Waals surface area contributed by atoms with Gasteiger partial charge in [-0.3, -0.25) is 9.59 Å². The third-order valence-corrected chi connectivity index (χ3v) is 3.35. The molecule has 0 radical (unpaired) electrons. The summed E-state index contributed by atoms with van der Waals surface area (Å²) >= 11 is 30.0. The molecule has 0 fully saturated rings. The minimum absolute atomic E-state index is 0. The van der Waals surface area contributed by atoms with Crippen LogP contribution in [0.25, 0.3) is 0 Å². The van der Waals surface area contributed by atoms with Gasteiger partial charge in [-0.25, -0.2) is 0 Å². The van der Waals surface area contributed by atoms with Gasteiger partial charge >= 0.3 is 19.5 Å². The Kier molecular flexibility index (Phi) is 15.9. The predicted molar refractivity (Wildman–Crippen MR) is 101 cm³/mol. The maximum Gasteiger partial charge on any atom is 2.00 e. The summed E-state index contributed by atoms with van der Waals surface area (Å²) in [5.41, 5.74) is 0. The van der Waals surface area contributed by atoms with Crippen molar-refractivity contribution in [2.24, 2.45) is 0 Å². The van der Waals surface area contributed by atoms with E-state index in [0.29, 0.717) is 13.1 Å². The molecule has 0 aromatic heterocycles. The zero-order valence-electron chi connectivity index (χ0n) is 11.7. The molecule has 0 atom stereocenters. The fourth-order valence-electron chi connectivity index (χ4n) is 1.04. The van der Waals surface area contributed by atoms with Gasteiger partial charge in [-0.15, -0.1) is 0 Å². The molecule has 0 aromatic rings. The summed E-state index contributed by atoms with van der Waals surface area (Å²) in [6.45, 7) is 1.12. The van der Waals surface area contributed by atoms with Crippen LogP contribution in [-0.2, 0) is 54.3 Å². The maximum atomic E-state index is 11.7. The van der Waals surface area contributed by atoms with E-state index in [1.165, 1.54) is 0 Å². The van der Waals surface area contributed by atoms with Gasteiger partial charge < -0.3 is 71.0 Å². The van der Waals surface area contributed by atoms with Crippen molar-refractivity contribution in [2.45, 2.75) is 0 Å². The van der Waals surface area contributed by atoms with Crippen molar-refractivity contribution in [3.63, 3.8) is 0 Å². The van der Waals surface area contributed by atoms with Crippen LogP contribution in [0.5, 0.6) is 0 Å². The number of halogens is 2. The van der Waals surface area contributed by atoms with E-state index in [9.17, 15) is 9.59 Å². The van der Waals surface area contributed by atoms with Gasteiger partial charge in [0, 0.05) is 26.2 Å². The number of nitrogens with one attached hydrogen (secondary N) is 4. The minimum atomic E-state index is -0.677. The van der Waals surface area contributed by atoms with Crippen LogP contribution < -0.4 is 21.3 Å². The number of thiocarbonyl (C=S) groups is 2. The Morgan fingerprint density at radius 3 is 1.26 bits per heavy atom. The summed E-state index contributed by atoms with van der Waals surface area (Å²) < 4.78 is 0.390. The summed E-state index contributed by atoms with van der Waals surface area (Å²) in [6, 6.07) is 0. The molecule has 0 saturated heterocycles. The summed E-state index contributed by atoms with van der Waals surface area (Å²) in [7, 11) is 0. The molecule has 0 aliphatic carbocycles. The fourth-order valence-corrected chi connectivity index (χ4v) is 1.75. The van der Waals surface area contributed by atoms with Crippen molar-refractivity contribution < 1.29 is 29.1 Å². The molecule has 2 amide bonds.